The van der Waals surface area contributed by atoms with Crippen molar-refractivity contribution in [3.8, 4) is 0 Å². The summed E-state index contributed by atoms with van der Waals surface area (Å²) in [6.07, 6.45) is 1.54. The number of carboxylic acid groups (broad SMARTS) is 1. The minimum absolute atomic E-state index is 0.0140. The van der Waals surface area contributed by atoms with Gasteiger partial charge in [-0.3, -0.25) is 4.79 Å². The molecule has 1 atom stereocenters. The molecule has 1 aromatic rings. The molecule has 5 heteroatoms. The van der Waals surface area contributed by atoms with Crippen LogP contribution in [0.25, 0.3) is 0 Å². The lowest BCUT2D eigenvalue weighted by atomic mass is 10.0. The topological polar surface area (TPSA) is 78.4 Å². The maximum absolute atomic E-state index is 11.9. The minimum atomic E-state index is -0.960. The number of anilines is 1. The fourth-order valence-electron chi connectivity index (χ4n) is 2.29. The van der Waals surface area contributed by atoms with E-state index < -0.39 is 5.97 Å². The first-order chi connectivity index (χ1) is 9.06. The molecule has 0 radical (unpaired) electrons. The molecular formula is C14H18N2O3. The molecule has 0 aliphatic carbocycles. The predicted octanol–water partition coefficient (Wildman–Crippen LogP) is 1.63. The number of amides is 1. The van der Waals surface area contributed by atoms with Crippen LogP contribution in [0.3, 0.4) is 0 Å². The van der Waals surface area contributed by atoms with Gasteiger partial charge in [0.2, 0.25) is 5.91 Å². The van der Waals surface area contributed by atoms with Gasteiger partial charge in [0.25, 0.3) is 0 Å². The summed E-state index contributed by atoms with van der Waals surface area (Å²) in [5.41, 5.74) is 1.68. The Bertz CT molecular complexity index is 493. The van der Waals surface area contributed by atoms with Gasteiger partial charge in [-0.25, -0.2) is 4.79 Å². The Hall–Kier alpha value is -1.88. The Balaban J connectivity index is 1.98. The van der Waals surface area contributed by atoms with Gasteiger partial charge < -0.3 is 15.7 Å². The average Bonchev–Trinajstić information content (AvgIpc) is 2.84. The fourth-order valence-corrected chi connectivity index (χ4v) is 2.29. The van der Waals surface area contributed by atoms with Crippen LogP contribution in [0.15, 0.2) is 18.2 Å². The van der Waals surface area contributed by atoms with Crippen LogP contribution in [-0.4, -0.2) is 30.1 Å². The summed E-state index contributed by atoms with van der Waals surface area (Å²) < 4.78 is 0. The molecule has 5 nitrogen and oxygen atoms in total. The second kappa shape index (κ2) is 5.84. The SMILES string of the molecule is Cc1cc(C(=O)O)ccc1NC(=O)CC1CCNC1. The second-order valence-corrected chi connectivity index (χ2v) is 4.95. The van der Waals surface area contributed by atoms with Crippen molar-refractivity contribution in [2.45, 2.75) is 19.8 Å². The Morgan fingerprint density at radius 1 is 1.47 bits per heavy atom. The van der Waals surface area contributed by atoms with Crippen LogP contribution in [0.5, 0.6) is 0 Å². The molecule has 1 unspecified atom stereocenters. The molecule has 1 fully saturated rings. The quantitative estimate of drug-likeness (QED) is 0.770. The first-order valence-electron chi connectivity index (χ1n) is 6.41. The highest BCUT2D eigenvalue weighted by Crippen LogP contribution is 2.18. The van der Waals surface area contributed by atoms with Crippen LogP contribution in [0.1, 0.15) is 28.8 Å². The monoisotopic (exact) mass is 262 g/mol. The van der Waals surface area contributed by atoms with Crippen molar-refractivity contribution in [1.29, 1.82) is 0 Å². The molecule has 3 N–H and O–H groups in total. The van der Waals surface area contributed by atoms with Crippen molar-refractivity contribution >= 4 is 17.6 Å². The Morgan fingerprint density at radius 3 is 2.84 bits per heavy atom. The number of hydrogen-bond donors (Lipinski definition) is 3. The molecule has 0 spiro atoms. The van der Waals surface area contributed by atoms with Crippen molar-refractivity contribution in [3.05, 3.63) is 29.3 Å². The molecule has 1 amide bonds. The fraction of sp³-hybridized carbons (Fsp3) is 0.429. The largest absolute Gasteiger partial charge is 0.478 e. The van der Waals surface area contributed by atoms with E-state index in [1.807, 2.05) is 0 Å². The van der Waals surface area contributed by atoms with E-state index in [4.69, 9.17) is 5.11 Å². The molecular weight excluding hydrogens is 244 g/mol. The van der Waals surface area contributed by atoms with Crippen LogP contribution < -0.4 is 10.6 Å². The number of aryl methyl sites for hydroxylation is 1. The van der Waals surface area contributed by atoms with Crippen molar-refractivity contribution in [2.24, 2.45) is 5.92 Å². The molecule has 19 heavy (non-hydrogen) atoms. The van der Waals surface area contributed by atoms with Crippen molar-refractivity contribution in [2.75, 3.05) is 18.4 Å². The van der Waals surface area contributed by atoms with Crippen molar-refractivity contribution in [1.82, 2.24) is 5.32 Å². The van der Waals surface area contributed by atoms with Gasteiger partial charge in [0.05, 0.1) is 5.56 Å². The molecule has 1 aliphatic rings. The van der Waals surface area contributed by atoms with E-state index in [2.05, 4.69) is 10.6 Å². The van der Waals surface area contributed by atoms with E-state index >= 15 is 0 Å². The predicted molar refractivity (Wildman–Crippen MR) is 72.4 cm³/mol. The minimum Gasteiger partial charge on any atom is -0.478 e. The Kier molecular flexibility index (Phi) is 4.16. The molecule has 1 aliphatic heterocycles. The van der Waals surface area contributed by atoms with Gasteiger partial charge in [0.1, 0.15) is 0 Å². The highest BCUT2D eigenvalue weighted by atomic mass is 16.4. The summed E-state index contributed by atoms with van der Waals surface area (Å²) in [6, 6.07) is 4.71. The van der Waals surface area contributed by atoms with Crippen molar-refractivity contribution in [3.63, 3.8) is 0 Å². The van der Waals surface area contributed by atoms with Crippen LogP contribution >= 0.6 is 0 Å². The van der Waals surface area contributed by atoms with E-state index in [1.54, 1.807) is 19.1 Å². The highest BCUT2D eigenvalue weighted by Gasteiger charge is 2.18. The van der Waals surface area contributed by atoms with Gasteiger partial charge in [-0.15, -0.1) is 0 Å². The first kappa shape index (κ1) is 13.5. The van der Waals surface area contributed by atoms with Crippen LogP contribution in [0.4, 0.5) is 5.69 Å². The van der Waals surface area contributed by atoms with Crippen LogP contribution in [0.2, 0.25) is 0 Å². The van der Waals surface area contributed by atoms with Crippen LogP contribution in [0, 0.1) is 12.8 Å². The lowest BCUT2D eigenvalue weighted by Crippen LogP contribution is -2.18. The highest BCUT2D eigenvalue weighted by molar-refractivity contribution is 5.93. The molecule has 2 rings (SSSR count). The lowest BCUT2D eigenvalue weighted by molar-refractivity contribution is -0.117. The molecule has 1 heterocycles. The number of hydrogen-bond acceptors (Lipinski definition) is 3. The summed E-state index contributed by atoms with van der Waals surface area (Å²) in [4.78, 5) is 22.7. The third kappa shape index (κ3) is 3.54. The summed E-state index contributed by atoms with van der Waals surface area (Å²) in [5, 5.41) is 14.9. The maximum atomic E-state index is 11.9. The second-order valence-electron chi connectivity index (χ2n) is 4.95. The zero-order valence-corrected chi connectivity index (χ0v) is 10.9. The van der Waals surface area contributed by atoms with Crippen molar-refractivity contribution < 1.29 is 14.7 Å². The third-order valence-electron chi connectivity index (χ3n) is 3.38. The summed E-state index contributed by atoms with van der Waals surface area (Å²) in [7, 11) is 0. The molecule has 1 aromatic carbocycles. The molecule has 1 saturated heterocycles. The van der Waals surface area contributed by atoms with Gasteiger partial charge in [0.15, 0.2) is 0 Å². The van der Waals surface area contributed by atoms with Gasteiger partial charge in [0, 0.05) is 12.1 Å². The summed E-state index contributed by atoms with van der Waals surface area (Å²) in [5.74, 6) is -0.573. The van der Waals surface area contributed by atoms with E-state index in [-0.39, 0.29) is 11.5 Å². The maximum Gasteiger partial charge on any atom is 0.335 e. The molecule has 0 aromatic heterocycles. The number of carboxylic acids is 1. The number of benzene rings is 1. The number of rotatable bonds is 4. The number of aromatic carboxylic acids is 1. The van der Waals surface area contributed by atoms with E-state index in [0.717, 1.165) is 25.1 Å². The first-order valence-corrected chi connectivity index (χ1v) is 6.41. The molecule has 0 bridgehead atoms. The zero-order chi connectivity index (χ0) is 13.8. The van der Waals surface area contributed by atoms with E-state index in [1.165, 1.54) is 6.07 Å². The lowest BCUT2D eigenvalue weighted by Gasteiger charge is -2.11. The zero-order valence-electron chi connectivity index (χ0n) is 10.9. The van der Waals surface area contributed by atoms with Crippen LogP contribution in [-0.2, 0) is 4.79 Å². The van der Waals surface area contributed by atoms with Gasteiger partial charge >= 0.3 is 5.97 Å². The smallest absolute Gasteiger partial charge is 0.335 e. The van der Waals surface area contributed by atoms with Gasteiger partial charge in [-0.2, -0.15) is 0 Å². The molecule has 102 valence electrons. The Labute approximate surface area is 112 Å². The number of carbonyl (C=O) groups is 2. The van der Waals surface area contributed by atoms with E-state index in [0.29, 0.717) is 18.0 Å². The van der Waals surface area contributed by atoms with Gasteiger partial charge in [-0.05, 0) is 56.1 Å². The number of nitrogens with one attached hydrogen (secondary N) is 2. The Morgan fingerprint density at radius 2 is 2.26 bits per heavy atom. The van der Waals surface area contributed by atoms with E-state index in [9.17, 15) is 9.59 Å². The normalized spacial score (nSPS) is 18.3. The summed E-state index contributed by atoms with van der Waals surface area (Å²) >= 11 is 0. The summed E-state index contributed by atoms with van der Waals surface area (Å²) in [6.45, 7) is 3.66. The molecule has 0 saturated carbocycles. The third-order valence-corrected chi connectivity index (χ3v) is 3.38. The number of carbonyl (C=O) groups excluding carboxylic acids is 1. The standard InChI is InChI=1S/C14H18N2O3/c1-9-6-11(14(18)19)2-3-12(9)16-13(17)7-10-4-5-15-8-10/h2-3,6,10,15H,4-5,7-8H2,1H3,(H,16,17)(H,18,19). The average molecular weight is 262 g/mol. The van der Waals surface area contributed by atoms with Gasteiger partial charge in [-0.1, -0.05) is 0 Å².